The van der Waals surface area contributed by atoms with Gasteiger partial charge in [0.05, 0.1) is 12.1 Å². The van der Waals surface area contributed by atoms with Crippen LogP contribution < -0.4 is 4.74 Å². The van der Waals surface area contributed by atoms with Gasteiger partial charge in [-0.25, -0.2) is 4.98 Å². The second-order valence-corrected chi connectivity index (χ2v) is 6.07. The Kier molecular flexibility index (Phi) is 4.07. The van der Waals surface area contributed by atoms with Gasteiger partial charge in [-0.2, -0.15) is 0 Å². The molecule has 0 radical (unpaired) electrons. The monoisotopic (exact) mass is 363 g/mol. The van der Waals surface area contributed by atoms with Crippen LogP contribution in [0.4, 0.5) is 0 Å². The molecule has 6 heteroatoms. The van der Waals surface area contributed by atoms with E-state index in [1.165, 1.54) is 5.56 Å². The van der Waals surface area contributed by atoms with Gasteiger partial charge in [0.15, 0.2) is 10.4 Å². The minimum Gasteiger partial charge on any atom is -0.492 e. The van der Waals surface area contributed by atoms with Crippen LogP contribution >= 0.6 is 28.1 Å². The van der Waals surface area contributed by atoms with E-state index in [4.69, 9.17) is 17.0 Å². The summed E-state index contributed by atoms with van der Waals surface area (Å²) >= 11 is 8.75. The van der Waals surface area contributed by atoms with Crippen LogP contribution in [0.2, 0.25) is 0 Å². The summed E-state index contributed by atoms with van der Waals surface area (Å²) in [5, 5.41) is 0. The lowest BCUT2D eigenvalue weighted by Gasteiger charge is -2.08. The predicted octanol–water partition coefficient (Wildman–Crippen LogP) is 4.24. The number of H-pyrrole nitrogens is 1. The molecule has 0 aliphatic heterocycles. The predicted molar refractivity (Wildman–Crippen MR) is 89.3 cm³/mol. The number of fused-ring (bicyclic) bond motifs is 1. The largest absolute Gasteiger partial charge is 0.492 e. The van der Waals surface area contributed by atoms with Crippen molar-refractivity contribution in [2.45, 2.75) is 13.5 Å². The summed E-state index contributed by atoms with van der Waals surface area (Å²) in [6, 6.07) is 9.97. The van der Waals surface area contributed by atoms with Gasteiger partial charge in [0.2, 0.25) is 0 Å². The molecule has 0 saturated heterocycles. The van der Waals surface area contributed by atoms with Crippen LogP contribution in [-0.4, -0.2) is 21.1 Å². The molecule has 1 N–H and O–H groups in total. The van der Waals surface area contributed by atoms with E-state index in [1.807, 2.05) is 41.8 Å². The van der Waals surface area contributed by atoms with E-state index in [2.05, 4.69) is 25.9 Å². The number of hydrogen-bond acceptors (Lipinski definition) is 3. The first-order valence-electron chi connectivity index (χ1n) is 6.57. The summed E-state index contributed by atoms with van der Waals surface area (Å²) in [5.74, 6) is 0.872. The molecule has 1 aromatic carbocycles. The first-order valence-corrected chi connectivity index (χ1v) is 7.77. The number of aromatic amines is 1. The molecule has 0 atom stereocenters. The number of ether oxygens (including phenoxy) is 1. The van der Waals surface area contributed by atoms with Crippen LogP contribution in [0.15, 0.2) is 41.0 Å². The number of aryl methyl sites for hydroxylation is 1. The van der Waals surface area contributed by atoms with E-state index in [0.29, 0.717) is 17.9 Å². The summed E-state index contributed by atoms with van der Waals surface area (Å²) in [6.45, 7) is 3.24. The fraction of sp³-hybridized carbons (Fsp3) is 0.200. The van der Waals surface area contributed by atoms with Gasteiger partial charge in [-0.05, 0) is 58.8 Å². The number of nitrogens with zero attached hydrogens (tertiary/aromatic N) is 2. The summed E-state index contributed by atoms with van der Waals surface area (Å²) in [4.78, 5) is 7.56. The van der Waals surface area contributed by atoms with Crippen LogP contribution in [0.3, 0.4) is 0 Å². The van der Waals surface area contributed by atoms with Gasteiger partial charge in [0.25, 0.3) is 0 Å². The van der Waals surface area contributed by atoms with E-state index in [9.17, 15) is 0 Å². The van der Waals surface area contributed by atoms with Crippen LogP contribution in [0, 0.1) is 11.7 Å². The van der Waals surface area contributed by atoms with Crippen LogP contribution in [0.5, 0.6) is 5.75 Å². The van der Waals surface area contributed by atoms with Crippen molar-refractivity contribution in [2.75, 3.05) is 6.61 Å². The SMILES string of the molecule is Cc1cccc(OCCn2c(=S)[nH]c3cc(Br)cnc32)c1. The Bertz CT molecular complexity index is 840. The molecule has 108 valence electrons. The first kappa shape index (κ1) is 14.3. The van der Waals surface area contributed by atoms with Crippen LogP contribution in [0.25, 0.3) is 11.2 Å². The van der Waals surface area contributed by atoms with Crippen molar-refractivity contribution in [2.24, 2.45) is 0 Å². The fourth-order valence-corrected chi connectivity index (χ4v) is 2.80. The molecule has 0 bridgehead atoms. The molecule has 0 amide bonds. The average molecular weight is 364 g/mol. The number of pyridine rings is 1. The van der Waals surface area contributed by atoms with Crippen LogP contribution in [-0.2, 0) is 6.54 Å². The summed E-state index contributed by atoms with van der Waals surface area (Å²) in [6.07, 6.45) is 1.77. The maximum Gasteiger partial charge on any atom is 0.179 e. The number of nitrogens with one attached hydrogen (secondary N) is 1. The zero-order valence-electron chi connectivity index (χ0n) is 11.5. The Morgan fingerprint density at radius 2 is 2.24 bits per heavy atom. The van der Waals surface area contributed by atoms with Crippen LogP contribution in [0.1, 0.15) is 5.56 Å². The minimum absolute atomic E-state index is 0.544. The smallest absolute Gasteiger partial charge is 0.179 e. The lowest BCUT2D eigenvalue weighted by atomic mass is 10.2. The lowest BCUT2D eigenvalue weighted by molar-refractivity contribution is 0.299. The molecule has 21 heavy (non-hydrogen) atoms. The van der Waals surface area contributed by atoms with E-state index >= 15 is 0 Å². The molecule has 0 aliphatic carbocycles. The number of rotatable bonds is 4. The minimum atomic E-state index is 0.544. The normalized spacial score (nSPS) is 11.0. The Hall–Kier alpha value is -1.66. The van der Waals surface area contributed by atoms with E-state index < -0.39 is 0 Å². The highest BCUT2D eigenvalue weighted by Crippen LogP contribution is 2.17. The van der Waals surface area contributed by atoms with Crippen molar-refractivity contribution in [1.82, 2.24) is 14.5 Å². The van der Waals surface area contributed by atoms with Gasteiger partial charge in [-0.1, -0.05) is 12.1 Å². The summed E-state index contributed by atoms with van der Waals surface area (Å²) < 4.78 is 9.30. The Morgan fingerprint density at radius 1 is 1.38 bits per heavy atom. The highest BCUT2D eigenvalue weighted by atomic mass is 79.9. The van der Waals surface area contributed by atoms with Crippen molar-refractivity contribution in [3.05, 3.63) is 51.3 Å². The molecule has 4 nitrogen and oxygen atoms in total. The molecule has 3 aromatic rings. The molecule has 0 spiro atoms. The fourth-order valence-electron chi connectivity index (χ4n) is 2.19. The molecular formula is C15H14BrN3OS. The van der Waals surface area contributed by atoms with Gasteiger partial charge < -0.3 is 9.72 Å². The molecular weight excluding hydrogens is 350 g/mol. The van der Waals surface area contributed by atoms with Gasteiger partial charge in [0, 0.05) is 10.7 Å². The number of halogens is 1. The standard InChI is InChI=1S/C15H14BrN3OS/c1-10-3-2-4-12(7-10)20-6-5-19-14-13(18-15(19)21)8-11(16)9-17-14/h2-4,7-9H,5-6H2,1H3,(H,18,21). The lowest BCUT2D eigenvalue weighted by Crippen LogP contribution is -2.08. The average Bonchev–Trinajstić information content (AvgIpc) is 2.74. The molecule has 0 unspecified atom stereocenters. The Labute approximate surface area is 135 Å². The third kappa shape index (κ3) is 3.16. The van der Waals surface area contributed by atoms with Gasteiger partial charge >= 0.3 is 0 Å². The van der Waals surface area contributed by atoms with Crippen molar-refractivity contribution < 1.29 is 4.74 Å². The van der Waals surface area contributed by atoms with Crippen molar-refractivity contribution in [3.8, 4) is 5.75 Å². The van der Waals surface area contributed by atoms with Crippen molar-refractivity contribution >= 4 is 39.3 Å². The number of hydrogen-bond donors (Lipinski definition) is 1. The molecule has 0 fully saturated rings. The van der Waals surface area contributed by atoms with Gasteiger partial charge in [-0.15, -0.1) is 0 Å². The zero-order chi connectivity index (χ0) is 14.8. The number of benzene rings is 1. The topological polar surface area (TPSA) is 42.8 Å². The molecule has 2 heterocycles. The van der Waals surface area contributed by atoms with Crippen molar-refractivity contribution in [3.63, 3.8) is 0 Å². The van der Waals surface area contributed by atoms with Gasteiger partial charge in [0.1, 0.15) is 12.4 Å². The highest BCUT2D eigenvalue weighted by Gasteiger charge is 2.06. The maximum atomic E-state index is 5.77. The van der Waals surface area contributed by atoms with Crippen molar-refractivity contribution in [1.29, 1.82) is 0 Å². The number of aromatic nitrogens is 3. The van der Waals surface area contributed by atoms with E-state index in [0.717, 1.165) is 21.4 Å². The maximum absolute atomic E-state index is 5.77. The molecule has 2 aromatic heterocycles. The third-order valence-electron chi connectivity index (χ3n) is 3.15. The summed E-state index contributed by atoms with van der Waals surface area (Å²) in [7, 11) is 0. The Balaban J connectivity index is 1.76. The van der Waals surface area contributed by atoms with Gasteiger partial charge in [-0.3, -0.25) is 4.57 Å². The third-order valence-corrected chi connectivity index (χ3v) is 3.90. The second-order valence-electron chi connectivity index (χ2n) is 4.77. The Morgan fingerprint density at radius 3 is 3.05 bits per heavy atom. The zero-order valence-corrected chi connectivity index (χ0v) is 13.9. The molecule has 0 aliphatic rings. The summed E-state index contributed by atoms with van der Waals surface area (Å²) in [5.41, 5.74) is 2.95. The van der Waals surface area contributed by atoms with E-state index in [-0.39, 0.29) is 0 Å². The van der Waals surface area contributed by atoms with E-state index in [1.54, 1.807) is 6.20 Å². The first-order chi connectivity index (χ1) is 10.1. The number of imidazole rings is 1. The molecule has 0 saturated carbocycles. The molecule has 3 rings (SSSR count). The highest BCUT2D eigenvalue weighted by molar-refractivity contribution is 9.10. The quantitative estimate of drug-likeness (QED) is 0.704. The second kappa shape index (κ2) is 5.99.